The molecule has 1 amide bonds. The van der Waals surface area contributed by atoms with Crippen LogP contribution in [0, 0.1) is 6.92 Å². The number of nitrogens with zero attached hydrogens (tertiary/aromatic N) is 3. The highest BCUT2D eigenvalue weighted by atomic mass is 16.6. The highest BCUT2D eigenvalue weighted by Gasteiger charge is 2.33. The summed E-state index contributed by atoms with van der Waals surface area (Å²) in [6.45, 7) is 10.0. The van der Waals surface area contributed by atoms with Crippen molar-refractivity contribution in [1.82, 2.24) is 9.88 Å². The molecule has 1 aliphatic rings. The van der Waals surface area contributed by atoms with E-state index in [1.807, 2.05) is 33.8 Å². The number of aromatic nitrogens is 1. The number of anilines is 2. The number of ether oxygens (including phenoxy) is 2. The molecule has 7 nitrogen and oxygen atoms in total. The standard InChI is InChI=1S/C17H28N4O3/c1-12-8-15(18)19-9-14(12)20-6-7-21(13(10-20)11-23-5)16(22)24-17(2,3)4/h8-9,13H,6-7,10-11H2,1-5H3,(H2,18,19)/t13-/m1/s1. The van der Waals surface area contributed by atoms with Gasteiger partial charge < -0.3 is 20.1 Å². The number of aryl methyl sites for hydroxylation is 1. The van der Waals surface area contributed by atoms with E-state index in [1.165, 1.54) is 0 Å². The van der Waals surface area contributed by atoms with Crippen molar-refractivity contribution in [3.05, 3.63) is 17.8 Å². The average molecular weight is 336 g/mol. The predicted molar refractivity (Wildman–Crippen MR) is 94.2 cm³/mol. The third-order valence-corrected chi connectivity index (χ3v) is 3.91. The molecule has 0 aromatic carbocycles. The number of piperazine rings is 1. The lowest BCUT2D eigenvalue weighted by Crippen LogP contribution is -2.57. The Bertz CT molecular complexity index is 586. The quantitative estimate of drug-likeness (QED) is 0.910. The smallest absolute Gasteiger partial charge is 0.410 e. The van der Waals surface area contributed by atoms with Crippen molar-refractivity contribution in [3.63, 3.8) is 0 Å². The molecule has 7 heteroatoms. The van der Waals surface area contributed by atoms with Gasteiger partial charge in [0, 0.05) is 26.7 Å². The molecule has 0 spiro atoms. The summed E-state index contributed by atoms with van der Waals surface area (Å²) in [6.07, 6.45) is 1.49. The third-order valence-electron chi connectivity index (χ3n) is 3.91. The molecule has 1 atom stereocenters. The maximum absolute atomic E-state index is 12.5. The number of hydrogen-bond acceptors (Lipinski definition) is 6. The van der Waals surface area contributed by atoms with Crippen LogP contribution in [0.4, 0.5) is 16.3 Å². The van der Waals surface area contributed by atoms with Gasteiger partial charge in [-0.1, -0.05) is 0 Å². The maximum atomic E-state index is 12.5. The molecule has 1 saturated heterocycles. The van der Waals surface area contributed by atoms with Crippen molar-refractivity contribution in [2.75, 3.05) is 44.0 Å². The molecule has 134 valence electrons. The Morgan fingerprint density at radius 1 is 1.42 bits per heavy atom. The van der Waals surface area contributed by atoms with Crippen molar-refractivity contribution < 1.29 is 14.3 Å². The summed E-state index contributed by atoms with van der Waals surface area (Å²) in [5, 5.41) is 0. The van der Waals surface area contributed by atoms with Gasteiger partial charge in [-0.2, -0.15) is 0 Å². The molecular formula is C17H28N4O3. The number of hydrogen-bond donors (Lipinski definition) is 1. The molecule has 2 rings (SSSR count). The first-order valence-electron chi connectivity index (χ1n) is 8.17. The highest BCUT2D eigenvalue weighted by molar-refractivity contribution is 5.69. The number of nitrogen functional groups attached to an aromatic ring is 1. The Morgan fingerprint density at radius 2 is 2.12 bits per heavy atom. The molecule has 0 unspecified atom stereocenters. The zero-order chi connectivity index (χ0) is 17.9. The zero-order valence-electron chi connectivity index (χ0n) is 15.2. The molecule has 0 aliphatic carbocycles. The van der Waals surface area contributed by atoms with Crippen LogP contribution in [0.25, 0.3) is 0 Å². The maximum Gasteiger partial charge on any atom is 0.410 e. The molecule has 0 saturated carbocycles. The first-order valence-corrected chi connectivity index (χ1v) is 8.17. The first-order chi connectivity index (χ1) is 11.2. The van der Waals surface area contributed by atoms with E-state index in [9.17, 15) is 4.79 Å². The molecule has 1 aromatic rings. The second-order valence-electron chi connectivity index (χ2n) is 7.12. The highest BCUT2D eigenvalue weighted by Crippen LogP contribution is 2.24. The Balaban J connectivity index is 2.13. The van der Waals surface area contributed by atoms with Gasteiger partial charge in [0.05, 0.1) is 24.5 Å². The predicted octanol–water partition coefficient (Wildman–Crippen LogP) is 2.04. The Morgan fingerprint density at radius 3 is 2.71 bits per heavy atom. The third kappa shape index (κ3) is 4.50. The minimum absolute atomic E-state index is 0.0736. The van der Waals surface area contributed by atoms with Gasteiger partial charge in [-0.25, -0.2) is 9.78 Å². The Kier molecular flexibility index (Phi) is 5.54. The van der Waals surface area contributed by atoms with Crippen LogP contribution in [0.15, 0.2) is 12.3 Å². The van der Waals surface area contributed by atoms with Gasteiger partial charge in [0.1, 0.15) is 11.4 Å². The van der Waals surface area contributed by atoms with E-state index in [2.05, 4.69) is 9.88 Å². The first kappa shape index (κ1) is 18.3. The molecular weight excluding hydrogens is 308 g/mol. The summed E-state index contributed by atoms with van der Waals surface area (Å²) in [4.78, 5) is 20.6. The number of rotatable bonds is 3. The normalized spacial score (nSPS) is 18.6. The van der Waals surface area contributed by atoms with Gasteiger partial charge in [-0.05, 0) is 39.3 Å². The fourth-order valence-corrected chi connectivity index (χ4v) is 2.87. The molecule has 2 heterocycles. The van der Waals surface area contributed by atoms with Gasteiger partial charge >= 0.3 is 6.09 Å². The van der Waals surface area contributed by atoms with E-state index in [0.717, 1.165) is 11.3 Å². The number of amides is 1. The molecule has 24 heavy (non-hydrogen) atoms. The van der Waals surface area contributed by atoms with Crippen LogP contribution in [0.1, 0.15) is 26.3 Å². The van der Waals surface area contributed by atoms with Gasteiger partial charge in [-0.15, -0.1) is 0 Å². The molecule has 1 fully saturated rings. The van der Waals surface area contributed by atoms with Gasteiger partial charge in [-0.3, -0.25) is 4.90 Å². The number of nitrogens with two attached hydrogens (primary N) is 1. The zero-order valence-corrected chi connectivity index (χ0v) is 15.2. The van der Waals surface area contributed by atoms with Crippen LogP contribution < -0.4 is 10.6 Å². The van der Waals surface area contributed by atoms with Gasteiger partial charge in [0.2, 0.25) is 0 Å². The van der Waals surface area contributed by atoms with Crippen LogP contribution in [0.3, 0.4) is 0 Å². The van der Waals surface area contributed by atoms with Crippen LogP contribution in [-0.4, -0.2) is 61.0 Å². The van der Waals surface area contributed by atoms with Crippen LogP contribution in [0.5, 0.6) is 0 Å². The summed E-state index contributed by atoms with van der Waals surface area (Å²) in [6, 6.07) is 1.79. The Labute approximate surface area is 143 Å². The average Bonchev–Trinajstić information content (AvgIpc) is 2.45. The summed E-state index contributed by atoms with van der Waals surface area (Å²) in [5.41, 5.74) is 7.33. The van der Waals surface area contributed by atoms with Crippen molar-refractivity contribution in [1.29, 1.82) is 0 Å². The number of pyridine rings is 1. The van der Waals surface area contributed by atoms with Gasteiger partial charge in [0.25, 0.3) is 0 Å². The largest absolute Gasteiger partial charge is 0.444 e. The van der Waals surface area contributed by atoms with E-state index in [0.29, 0.717) is 32.1 Å². The molecule has 0 bridgehead atoms. The number of methoxy groups -OCH3 is 1. The lowest BCUT2D eigenvalue weighted by Gasteiger charge is -2.42. The number of carbonyl (C=O) groups excluding carboxylic acids is 1. The van der Waals surface area contributed by atoms with E-state index < -0.39 is 5.60 Å². The minimum atomic E-state index is -0.511. The Hall–Kier alpha value is -2.02. The van der Waals surface area contributed by atoms with Crippen LogP contribution in [0.2, 0.25) is 0 Å². The fraction of sp³-hybridized carbons (Fsp3) is 0.647. The van der Waals surface area contributed by atoms with E-state index in [4.69, 9.17) is 15.2 Å². The van der Waals surface area contributed by atoms with E-state index in [-0.39, 0.29) is 12.1 Å². The SMILES string of the molecule is COC[C@H]1CN(c2cnc(N)cc2C)CCN1C(=O)OC(C)(C)C. The molecule has 1 aliphatic heterocycles. The molecule has 1 aromatic heterocycles. The van der Waals surface area contributed by atoms with E-state index in [1.54, 1.807) is 18.2 Å². The second kappa shape index (κ2) is 7.25. The van der Waals surface area contributed by atoms with Crippen LogP contribution in [-0.2, 0) is 9.47 Å². The van der Waals surface area contributed by atoms with E-state index >= 15 is 0 Å². The lowest BCUT2D eigenvalue weighted by atomic mass is 10.1. The van der Waals surface area contributed by atoms with Crippen molar-refractivity contribution >= 4 is 17.6 Å². The fourth-order valence-electron chi connectivity index (χ4n) is 2.87. The summed E-state index contributed by atoms with van der Waals surface area (Å²) >= 11 is 0. The number of carbonyl (C=O) groups is 1. The van der Waals surface area contributed by atoms with Gasteiger partial charge in [0.15, 0.2) is 0 Å². The van der Waals surface area contributed by atoms with Crippen molar-refractivity contribution in [3.8, 4) is 0 Å². The summed E-state index contributed by atoms with van der Waals surface area (Å²) in [5.74, 6) is 0.511. The summed E-state index contributed by atoms with van der Waals surface area (Å²) in [7, 11) is 1.64. The van der Waals surface area contributed by atoms with Crippen molar-refractivity contribution in [2.45, 2.75) is 39.3 Å². The minimum Gasteiger partial charge on any atom is -0.444 e. The monoisotopic (exact) mass is 336 g/mol. The summed E-state index contributed by atoms with van der Waals surface area (Å²) < 4.78 is 10.8. The van der Waals surface area contributed by atoms with Crippen molar-refractivity contribution in [2.24, 2.45) is 0 Å². The topological polar surface area (TPSA) is 80.9 Å². The molecule has 0 radical (unpaired) electrons. The van der Waals surface area contributed by atoms with Crippen LogP contribution >= 0.6 is 0 Å². The molecule has 2 N–H and O–H groups in total. The second-order valence-corrected chi connectivity index (χ2v) is 7.12. The lowest BCUT2D eigenvalue weighted by molar-refractivity contribution is 0.00343.